The number of ketones is 2. The molecule has 0 atom stereocenters. The van der Waals surface area contributed by atoms with E-state index in [1.807, 2.05) is 0 Å². The highest BCUT2D eigenvalue weighted by molar-refractivity contribution is 6.43. The third-order valence-corrected chi connectivity index (χ3v) is 1.86. The van der Waals surface area contributed by atoms with Gasteiger partial charge < -0.3 is 5.11 Å². The molecule has 0 saturated heterocycles. The summed E-state index contributed by atoms with van der Waals surface area (Å²) < 4.78 is 0. The van der Waals surface area contributed by atoms with E-state index in [9.17, 15) is 14.4 Å². The van der Waals surface area contributed by atoms with Crippen LogP contribution in [-0.2, 0) is 9.59 Å². The maximum absolute atomic E-state index is 11.4. The number of rotatable bonds is 5. The minimum absolute atomic E-state index is 0.247. The van der Waals surface area contributed by atoms with Crippen molar-refractivity contribution in [3.05, 3.63) is 35.9 Å². The Morgan fingerprint density at radius 2 is 1.60 bits per heavy atom. The first-order valence-corrected chi connectivity index (χ1v) is 4.45. The lowest BCUT2D eigenvalue weighted by atomic mass is 10.0. The van der Waals surface area contributed by atoms with Crippen LogP contribution in [0, 0.1) is 0 Å². The first kappa shape index (κ1) is 11.1. The minimum atomic E-state index is -1.08. The van der Waals surface area contributed by atoms with Gasteiger partial charge in [0.25, 0.3) is 0 Å². The summed E-state index contributed by atoms with van der Waals surface area (Å²) in [6.07, 6.45) is -0.555. The summed E-state index contributed by atoms with van der Waals surface area (Å²) in [5, 5.41) is 8.35. The zero-order valence-corrected chi connectivity index (χ0v) is 7.97. The Bertz CT molecular complexity index is 381. The van der Waals surface area contributed by atoms with Gasteiger partial charge in [0, 0.05) is 12.0 Å². The molecule has 15 heavy (non-hydrogen) atoms. The number of benzene rings is 1. The molecule has 0 spiro atoms. The predicted molar refractivity (Wildman–Crippen MR) is 52.6 cm³/mol. The van der Waals surface area contributed by atoms with Gasteiger partial charge >= 0.3 is 5.97 Å². The van der Waals surface area contributed by atoms with E-state index in [0.717, 1.165) is 0 Å². The molecule has 0 radical (unpaired) electrons. The van der Waals surface area contributed by atoms with E-state index in [0.29, 0.717) is 5.56 Å². The number of carboxylic acids is 1. The van der Waals surface area contributed by atoms with Crippen LogP contribution in [0.25, 0.3) is 0 Å². The normalized spacial score (nSPS) is 9.60. The van der Waals surface area contributed by atoms with Gasteiger partial charge in [0.1, 0.15) is 0 Å². The highest BCUT2D eigenvalue weighted by Crippen LogP contribution is 2.03. The molecule has 0 saturated carbocycles. The summed E-state index contributed by atoms with van der Waals surface area (Å²) in [4.78, 5) is 32.8. The highest BCUT2D eigenvalue weighted by Gasteiger charge is 2.16. The van der Waals surface area contributed by atoms with Gasteiger partial charge in [0.15, 0.2) is 0 Å². The van der Waals surface area contributed by atoms with Crippen molar-refractivity contribution < 1.29 is 19.5 Å². The maximum Gasteiger partial charge on any atom is 0.303 e. The summed E-state index contributed by atoms with van der Waals surface area (Å²) in [6, 6.07) is 8.09. The second kappa shape index (κ2) is 5.05. The third kappa shape index (κ3) is 3.34. The van der Waals surface area contributed by atoms with Crippen LogP contribution >= 0.6 is 0 Å². The Balaban J connectivity index is 2.62. The van der Waals surface area contributed by atoms with Gasteiger partial charge in [-0.3, -0.25) is 14.4 Å². The van der Waals surface area contributed by atoms with Crippen LogP contribution in [0.4, 0.5) is 0 Å². The molecule has 0 aliphatic carbocycles. The number of carbonyl (C=O) groups is 3. The zero-order valence-electron chi connectivity index (χ0n) is 7.97. The quantitative estimate of drug-likeness (QED) is 0.582. The molecule has 0 bridgehead atoms. The zero-order chi connectivity index (χ0) is 11.3. The SMILES string of the molecule is O=C(O)CCC(=O)C(=O)c1ccccc1. The van der Waals surface area contributed by atoms with E-state index in [2.05, 4.69) is 0 Å². The van der Waals surface area contributed by atoms with E-state index in [4.69, 9.17) is 5.11 Å². The lowest BCUT2D eigenvalue weighted by Crippen LogP contribution is -2.15. The van der Waals surface area contributed by atoms with Crippen LogP contribution in [0.1, 0.15) is 23.2 Å². The second-order valence-corrected chi connectivity index (χ2v) is 3.01. The second-order valence-electron chi connectivity index (χ2n) is 3.01. The fourth-order valence-corrected chi connectivity index (χ4v) is 1.08. The van der Waals surface area contributed by atoms with Crippen LogP contribution in [-0.4, -0.2) is 22.6 Å². The Hall–Kier alpha value is -1.97. The Morgan fingerprint density at radius 3 is 2.13 bits per heavy atom. The van der Waals surface area contributed by atoms with Gasteiger partial charge in [-0.25, -0.2) is 0 Å². The Labute approximate surface area is 86.5 Å². The molecule has 1 N–H and O–H groups in total. The summed E-state index contributed by atoms with van der Waals surface area (Å²) in [5.74, 6) is -2.37. The molecule has 0 amide bonds. The largest absolute Gasteiger partial charge is 0.481 e. The molecular weight excluding hydrogens is 196 g/mol. The van der Waals surface area contributed by atoms with Crippen molar-refractivity contribution >= 4 is 17.5 Å². The Morgan fingerprint density at radius 1 is 1.00 bits per heavy atom. The summed E-state index contributed by atoms with van der Waals surface area (Å²) in [6.45, 7) is 0. The Kier molecular flexibility index (Phi) is 3.74. The minimum Gasteiger partial charge on any atom is -0.481 e. The molecule has 1 rings (SSSR count). The monoisotopic (exact) mass is 206 g/mol. The number of Topliss-reactive ketones (excluding diaryl/α,β-unsaturated/α-hetero) is 2. The fourth-order valence-electron chi connectivity index (χ4n) is 1.08. The standard InChI is InChI=1S/C11H10O4/c12-9(6-7-10(13)14)11(15)8-4-2-1-3-5-8/h1-5H,6-7H2,(H,13,14). The number of hydrogen-bond acceptors (Lipinski definition) is 3. The van der Waals surface area contributed by atoms with Crippen molar-refractivity contribution in [3.63, 3.8) is 0 Å². The highest BCUT2D eigenvalue weighted by atomic mass is 16.4. The van der Waals surface area contributed by atoms with Crippen molar-refractivity contribution in [3.8, 4) is 0 Å². The molecule has 78 valence electrons. The summed E-state index contributed by atoms with van der Waals surface area (Å²) >= 11 is 0. The van der Waals surface area contributed by atoms with Gasteiger partial charge in [-0.05, 0) is 0 Å². The van der Waals surface area contributed by atoms with Crippen molar-refractivity contribution in [2.45, 2.75) is 12.8 Å². The van der Waals surface area contributed by atoms with E-state index in [1.54, 1.807) is 18.2 Å². The first-order chi connectivity index (χ1) is 7.11. The molecule has 4 heteroatoms. The van der Waals surface area contributed by atoms with Crippen LogP contribution in [0.2, 0.25) is 0 Å². The van der Waals surface area contributed by atoms with Crippen molar-refractivity contribution in [1.82, 2.24) is 0 Å². The lowest BCUT2D eigenvalue weighted by Gasteiger charge is -1.98. The molecule has 0 heterocycles. The average molecular weight is 206 g/mol. The van der Waals surface area contributed by atoms with Crippen molar-refractivity contribution in [2.24, 2.45) is 0 Å². The summed E-state index contributed by atoms with van der Waals surface area (Å²) in [5.41, 5.74) is 0.299. The van der Waals surface area contributed by atoms with Crippen LogP contribution < -0.4 is 0 Å². The molecule has 1 aromatic rings. The molecule has 0 aromatic heterocycles. The van der Waals surface area contributed by atoms with Crippen molar-refractivity contribution in [1.29, 1.82) is 0 Å². The molecule has 1 aromatic carbocycles. The smallest absolute Gasteiger partial charge is 0.303 e. The number of hydrogen-bond donors (Lipinski definition) is 1. The van der Waals surface area contributed by atoms with Gasteiger partial charge in [-0.15, -0.1) is 0 Å². The van der Waals surface area contributed by atoms with E-state index < -0.39 is 17.5 Å². The predicted octanol–water partition coefficient (Wildman–Crippen LogP) is 1.30. The molecule has 0 unspecified atom stereocenters. The van der Waals surface area contributed by atoms with Gasteiger partial charge in [-0.1, -0.05) is 30.3 Å². The first-order valence-electron chi connectivity index (χ1n) is 4.45. The lowest BCUT2D eigenvalue weighted by molar-refractivity contribution is -0.138. The molecule has 0 aliphatic rings. The fraction of sp³-hybridized carbons (Fsp3) is 0.182. The van der Waals surface area contributed by atoms with Gasteiger partial charge in [0.05, 0.1) is 6.42 Å². The molecular formula is C11H10O4. The topological polar surface area (TPSA) is 71.4 Å². The van der Waals surface area contributed by atoms with E-state index >= 15 is 0 Å². The van der Waals surface area contributed by atoms with E-state index in [1.165, 1.54) is 12.1 Å². The van der Waals surface area contributed by atoms with E-state index in [-0.39, 0.29) is 12.8 Å². The van der Waals surface area contributed by atoms with Crippen LogP contribution in [0.5, 0.6) is 0 Å². The van der Waals surface area contributed by atoms with Crippen LogP contribution in [0.15, 0.2) is 30.3 Å². The third-order valence-electron chi connectivity index (χ3n) is 1.86. The molecule has 0 aliphatic heterocycles. The molecule has 4 nitrogen and oxygen atoms in total. The van der Waals surface area contributed by atoms with Crippen molar-refractivity contribution in [2.75, 3.05) is 0 Å². The average Bonchev–Trinajstić information content (AvgIpc) is 2.26. The molecule has 0 fully saturated rings. The number of carbonyl (C=O) groups excluding carboxylic acids is 2. The maximum atomic E-state index is 11.4. The van der Waals surface area contributed by atoms with Gasteiger partial charge in [-0.2, -0.15) is 0 Å². The number of carboxylic acid groups (broad SMARTS) is 1. The van der Waals surface area contributed by atoms with Gasteiger partial charge in [0.2, 0.25) is 11.6 Å². The summed E-state index contributed by atoms with van der Waals surface area (Å²) in [7, 11) is 0. The van der Waals surface area contributed by atoms with Crippen LogP contribution in [0.3, 0.4) is 0 Å². The number of aliphatic carboxylic acids is 1.